The first kappa shape index (κ1) is 17.4. The van der Waals surface area contributed by atoms with Crippen molar-refractivity contribution in [1.29, 1.82) is 0 Å². The molecule has 4 rings (SSSR count). The van der Waals surface area contributed by atoms with E-state index in [1.807, 2.05) is 6.92 Å². The average molecular weight is 372 g/mol. The van der Waals surface area contributed by atoms with E-state index in [2.05, 4.69) is 25.4 Å². The summed E-state index contributed by atoms with van der Waals surface area (Å²) in [7, 11) is 1.54. The molecule has 0 saturated carbocycles. The minimum atomic E-state index is -0.312. The van der Waals surface area contributed by atoms with Gasteiger partial charge in [-0.15, -0.1) is 0 Å². The van der Waals surface area contributed by atoms with Crippen molar-refractivity contribution in [3.8, 4) is 5.95 Å². The van der Waals surface area contributed by atoms with Crippen LogP contribution in [0.2, 0.25) is 0 Å². The second-order valence-electron chi connectivity index (χ2n) is 6.53. The van der Waals surface area contributed by atoms with Gasteiger partial charge in [-0.25, -0.2) is 9.67 Å². The Bertz CT molecular complexity index is 997. The van der Waals surface area contributed by atoms with E-state index in [0.29, 0.717) is 16.7 Å². The van der Waals surface area contributed by atoms with Crippen LogP contribution in [0.4, 0.5) is 5.82 Å². The Balaban J connectivity index is 1.76. The number of aliphatic hydroxyl groups excluding tert-OH is 1. The summed E-state index contributed by atoms with van der Waals surface area (Å²) in [6.07, 6.45) is 4.77. The number of carbonyl (C=O) groups is 1. The number of fused-ring (bicyclic) bond motifs is 1. The van der Waals surface area contributed by atoms with Crippen molar-refractivity contribution in [2.45, 2.75) is 25.7 Å². The van der Waals surface area contributed by atoms with Crippen LogP contribution in [0, 0.1) is 5.92 Å². The molecule has 0 aliphatic carbocycles. The number of hydrogen-bond acceptors (Lipinski definition) is 8. The number of aliphatic hydroxyl groups is 1. The highest BCUT2D eigenvalue weighted by molar-refractivity contribution is 5.93. The van der Waals surface area contributed by atoms with Crippen molar-refractivity contribution in [2.75, 3.05) is 19.4 Å². The predicted molar refractivity (Wildman–Crippen MR) is 95.0 cm³/mol. The molecular weight excluding hydrogens is 352 g/mol. The Labute approximate surface area is 154 Å². The van der Waals surface area contributed by atoms with E-state index in [9.17, 15) is 9.90 Å². The summed E-state index contributed by atoms with van der Waals surface area (Å²) in [6.45, 7) is 2.01. The molecule has 0 radical (unpaired) electrons. The van der Waals surface area contributed by atoms with Gasteiger partial charge in [0, 0.05) is 19.2 Å². The molecule has 27 heavy (non-hydrogen) atoms. The highest BCUT2D eigenvalue weighted by Gasteiger charge is 2.34. The number of hydrogen-bond donors (Lipinski definition) is 3. The van der Waals surface area contributed by atoms with Gasteiger partial charge in [0.25, 0.3) is 11.9 Å². The molecule has 3 atom stereocenters. The van der Waals surface area contributed by atoms with Gasteiger partial charge < -0.3 is 20.9 Å². The van der Waals surface area contributed by atoms with Gasteiger partial charge in [-0.2, -0.15) is 15.1 Å². The van der Waals surface area contributed by atoms with Crippen LogP contribution in [0.3, 0.4) is 0 Å². The fourth-order valence-corrected chi connectivity index (χ4v) is 3.28. The molecule has 1 aliphatic heterocycles. The van der Waals surface area contributed by atoms with Gasteiger partial charge in [0.1, 0.15) is 11.7 Å². The first-order valence-corrected chi connectivity index (χ1v) is 8.55. The lowest BCUT2D eigenvalue weighted by molar-refractivity contribution is -0.0294. The predicted octanol–water partition coefficient (Wildman–Crippen LogP) is -0.130. The number of nitrogen functional groups attached to an aromatic ring is 1. The van der Waals surface area contributed by atoms with Crippen molar-refractivity contribution >= 4 is 22.9 Å². The monoisotopic (exact) mass is 372 g/mol. The summed E-state index contributed by atoms with van der Waals surface area (Å²) in [6, 6.07) is 0. The summed E-state index contributed by atoms with van der Waals surface area (Å²) in [5, 5.41) is 16.0. The fourth-order valence-electron chi connectivity index (χ4n) is 3.28. The lowest BCUT2D eigenvalue weighted by Gasteiger charge is -2.17. The van der Waals surface area contributed by atoms with Crippen LogP contribution in [-0.4, -0.2) is 60.1 Å². The topological polar surface area (TPSA) is 146 Å². The number of amides is 1. The quantitative estimate of drug-likeness (QED) is 0.574. The molecule has 11 heteroatoms. The van der Waals surface area contributed by atoms with E-state index in [1.165, 1.54) is 17.1 Å². The molecule has 0 aromatic carbocycles. The van der Waals surface area contributed by atoms with Crippen molar-refractivity contribution < 1.29 is 14.6 Å². The number of imidazole rings is 1. The number of anilines is 1. The van der Waals surface area contributed by atoms with Crippen LogP contribution in [0.25, 0.3) is 17.1 Å². The maximum absolute atomic E-state index is 11.7. The Kier molecular flexibility index (Phi) is 4.24. The number of aromatic nitrogens is 6. The van der Waals surface area contributed by atoms with Crippen molar-refractivity contribution in [3.05, 3.63) is 24.3 Å². The van der Waals surface area contributed by atoms with Crippen LogP contribution in [0.15, 0.2) is 18.7 Å². The van der Waals surface area contributed by atoms with Crippen LogP contribution in [0.5, 0.6) is 0 Å². The van der Waals surface area contributed by atoms with Gasteiger partial charge >= 0.3 is 0 Å². The molecule has 1 aliphatic rings. The Morgan fingerprint density at radius 1 is 1.48 bits per heavy atom. The van der Waals surface area contributed by atoms with Crippen LogP contribution >= 0.6 is 0 Å². The number of carbonyl (C=O) groups excluding carboxylic acids is 1. The summed E-state index contributed by atoms with van der Waals surface area (Å²) in [5.74, 6) is 0.337. The van der Waals surface area contributed by atoms with Crippen LogP contribution < -0.4 is 11.1 Å². The third kappa shape index (κ3) is 2.90. The van der Waals surface area contributed by atoms with Gasteiger partial charge in [0.05, 0.1) is 30.8 Å². The zero-order valence-corrected chi connectivity index (χ0v) is 14.9. The molecule has 11 nitrogen and oxygen atoms in total. The van der Waals surface area contributed by atoms with E-state index in [0.717, 1.165) is 6.42 Å². The zero-order chi connectivity index (χ0) is 19.1. The Morgan fingerprint density at radius 3 is 3.00 bits per heavy atom. The number of ether oxygens (including phenoxy) is 1. The van der Waals surface area contributed by atoms with Crippen molar-refractivity contribution in [1.82, 2.24) is 34.6 Å². The highest BCUT2D eigenvalue weighted by atomic mass is 16.5. The summed E-state index contributed by atoms with van der Waals surface area (Å²) < 4.78 is 9.08. The minimum Gasteiger partial charge on any atom is -0.394 e. The first-order valence-electron chi connectivity index (χ1n) is 8.55. The van der Waals surface area contributed by atoms with Gasteiger partial charge in [-0.3, -0.25) is 9.36 Å². The van der Waals surface area contributed by atoms with Gasteiger partial charge in [0.2, 0.25) is 0 Å². The first-order chi connectivity index (χ1) is 13.0. The van der Waals surface area contributed by atoms with Crippen molar-refractivity contribution in [3.63, 3.8) is 0 Å². The van der Waals surface area contributed by atoms with Crippen molar-refractivity contribution in [2.24, 2.45) is 5.92 Å². The number of nitrogens with one attached hydrogen (secondary N) is 1. The third-order valence-corrected chi connectivity index (χ3v) is 4.64. The fraction of sp³-hybridized carbons (Fsp3) is 0.438. The summed E-state index contributed by atoms with van der Waals surface area (Å²) in [5.41, 5.74) is 7.40. The second-order valence-corrected chi connectivity index (χ2v) is 6.53. The van der Waals surface area contributed by atoms with E-state index in [4.69, 9.17) is 10.5 Å². The molecule has 1 fully saturated rings. The van der Waals surface area contributed by atoms with Gasteiger partial charge in [-0.1, -0.05) is 6.92 Å². The molecule has 142 valence electrons. The molecular formula is C16H20N8O3. The molecule has 4 N–H and O–H groups in total. The minimum absolute atomic E-state index is 0.0363. The molecule has 1 saturated heterocycles. The number of nitrogens with two attached hydrogens (primary N) is 1. The number of rotatable bonds is 4. The lowest BCUT2D eigenvalue weighted by Crippen LogP contribution is -2.17. The van der Waals surface area contributed by atoms with E-state index >= 15 is 0 Å². The molecule has 3 aromatic rings. The SMILES string of the molecule is CNC(=O)c1cnn(-c2nc(N)c3ncn([C@@H]4OC(CO)C[C@H]4C)c3n2)c1. The summed E-state index contributed by atoms with van der Waals surface area (Å²) >= 11 is 0. The average Bonchev–Trinajstić information content (AvgIpc) is 3.38. The van der Waals surface area contributed by atoms with Crippen LogP contribution in [0.1, 0.15) is 29.9 Å². The molecule has 0 spiro atoms. The standard InChI is InChI=1S/C16H20N8O3/c1-8-3-10(6-25)27-15(8)23-7-19-11-12(17)21-16(22-13(11)23)24-5-9(4-20-24)14(26)18-2/h4-5,7-8,10,15,25H,3,6H2,1-2H3,(H,18,26)(H2,17,21,22)/t8-,10?,15-/m1/s1. The zero-order valence-electron chi connectivity index (χ0n) is 14.9. The third-order valence-electron chi connectivity index (χ3n) is 4.64. The molecule has 1 amide bonds. The Morgan fingerprint density at radius 2 is 2.30 bits per heavy atom. The largest absolute Gasteiger partial charge is 0.394 e. The van der Waals surface area contributed by atoms with E-state index < -0.39 is 0 Å². The smallest absolute Gasteiger partial charge is 0.254 e. The normalized spacial score (nSPS) is 22.4. The lowest BCUT2D eigenvalue weighted by atomic mass is 10.1. The van der Waals surface area contributed by atoms with E-state index in [-0.39, 0.29) is 42.5 Å². The Hall–Kier alpha value is -3.05. The number of nitrogens with zero attached hydrogens (tertiary/aromatic N) is 6. The molecule has 4 heterocycles. The molecule has 0 bridgehead atoms. The van der Waals surface area contributed by atoms with Gasteiger partial charge in [-0.05, 0) is 6.42 Å². The maximum Gasteiger partial charge on any atom is 0.254 e. The summed E-state index contributed by atoms with van der Waals surface area (Å²) in [4.78, 5) is 24.8. The highest BCUT2D eigenvalue weighted by Crippen LogP contribution is 2.35. The van der Waals surface area contributed by atoms with Crippen LogP contribution in [-0.2, 0) is 4.74 Å². The molecule has 3 aromatic heterocycles. The van der Waals surface area contributed by atoms with Gasteiger partial charge in [0.15, 0.2) is 11.5 Å². The maximum atomic E-state index is 11.7. The van der Waals surface area contributed by atoms with E-state index in [1.54, 1.807) is 17.9 Å². The molecule has 1 unspecified atom stereocenters. The second kappa shape index (κ2) is 6.59.